The van der Waals surface area contributed by atoms with Crippen LogP contribution in [0.15, 0.2) is 113 Å². The first-order chi connectivity index (χ1) is 21.4. The average Bonchev–Trinajstić information content (AvgIpc) is 3.42. The zero-order valence-corrected chi connectivity index (χ0v) is 26.9. The Morgan fingerprint density at radius 2 is 1.77 bits per heavy atom. The number of aliphatic hydroxyl groups excluding tert-OH is 1. The van der Waals surface area contributed by atoms with Crippen LogP contribution in [0.1, 0.15) is 41.2 Å². The highest BCUT2D eigenvalue weighted by Crippen LogP contribution is 2.43. The van der Waals surface area contributed by atoms with Gasteiger partial charge in [0, 0.05) is 46.1 Å². The van der Waals surface area contributed by atoms with Crippen LogP contribution >= 0.6 is 39.1 Å². The van der Waals surface area contributed by atoms with Crippen molar-refractivity contribution in [3.8, 4) is 5.75 Å². The second kappa shape index (κ2) is 14.9. The van der Waals surface area contributed by atoms with Gasteiger partial charge >= 0.3 is 0 Å². The Labute approximate surface area is 275 Å². The molecule has 4 aromatic rings. The largest absolute Gasteiger partial charge is 0.494 e. The van der Waals surface area contributed by atoms with Gasteiger partial charge in [0.05, 0.1) is 6.61 Å². The summed E-state index contributed by atoms with van der Waals surface area (Å²) in [6, 6.07) is 30.2. The van der Waals surface area contributed by atoms with Crippen molar-refractivity contribution in [3.05, 3.63) is 140 Å². The number of aliphatic imine (C=N–C) groups is 1. The fourth-order valence-electron chi connectivity index (χ4n) is 4.89. The Morgan fingerprint density at radius 3 is 2.48 bits per heavy atom. The molecular weight excluding hydrogens is 663 g/mol. The van der Waals surface area contributed by atoms with E-state index >= 15 is 0 Å². The third kappa shape index (κ3) is 7.71. The van der Waals surface area contributed by atoms with Crippen molar-refractivity contribution in [1.82, 2.24) is 5.32 Å². The van der Waals surface area contributed by atoms with E-state index in [1.165, 1.54) is 0 Å². The van der Waals surface area contributed by atoms with Crippen LogP contribution in [0.25, 0.3) is 6.08 Å². The van der Waals surface area contributed by atoms with Crippen molar-refractivity contribution in [2.75, 3.05) is 13.2 Å². The maximum absolute atomic E-state index is 14.3. The first kappa shape index (κ1) is 31.8. The number of hydrogen-bond donors (Lipinski definition) is 2. The van der Waals surface area contributed by atoms with Crippen molar-refractivity contribution in [1.29, 1.82) is 0 Å². The molecule has 0 bridgehead atoms. The van der Waals surface area contributed by atoms with Gasteiger partial charge in [0.2, 0.25) is 5.90 Å². The van der Waals surface area contributed by atoms with Crippen molar-refractivity contribution < 1.29 is 19.4 Å². The highest BCUT2D eigenvalue weighted by Gasteiger charge is 2.52. The monoisotopic (exact) mass is 692 g/mol. The van der Waals surface area contributed by atoms with Gasteiger partial charge in [-0.3, -0.25) is 4.79 Å². The standard InChI is InChI=1S/C35H31BrCl2N2O4/c36-28-14-9-25(10-15-28)32-35(19-4-8-24-6-2-1-3-7-24,34(42)39-23-27-11-16-29(37)22-31(27)38)40-33(44-32)26-12-17-30(18-13-26)43-21-5-20-41/h1-4,6-18,22,32,41H,5,19-21,23H2,(H,39,42)/b8-4+/t32-,35-/m1/s1. The third-order valence-electron chi connectivity index (χ3n) is 7.20. The summed E-state index contributed by atoms with van der Waals surface area (Å²) in [4.78, 5) is 19.4. The minimum Gasteiger partial charge on any atom is -0.494 e. The van der Waals surface area contributed by atoms with Gasteiger partial charge in [-0.25, -0.2) is 4.99 Å². The van der Waals surface area contributed by atoms with Gasteiger partial charge in [0.25, 0.3) is 5.91 Å². The predicted molar refractivity (Wildman–Crippen MR) is 179 cm³/mol. The van der Waals surface area contributed by atoms with Gasteiger partial charge in [-0.15, -0.1) is 0 Å². The highest BCUT2D eigenvalue weighted by molar-refractivity contribution is 9.10. The molecule has 4 aromatic carbocycles. The van der Waals surface area contributed by atoms with E-state index in [1.54, 1.807) is 18.2 Å². The first-order valence-corrected chi connectivity index (χ1v) is 15.7. The molecule has 0 spiro atoms. The van der Waals surface area contributed by atoms with Crippen molar-refractivity contribution in [3.63, 3.8) is 0 Å². The van der Waals surface area contributed by atoms with E-state index in [-0.39, 0.29) is 25.5 Å². The van der Waals surface area contributed by atoms with Crippen molar-refractivity contribution in [2.24, 2.45) is 4.99 Å². The Hall–Kier alpha value is -3.62. The van der Waals surface area contributed by atoms with E-state index in [2.05, 4.69) is 21.2 Å². The summed E-state index contributed by atoms with van der Waals surface area (Å²) in [6.07, 6.45) is 4.04. The second-order valence-electron chi connectivity index (χ2n) is 10.3. The molecule has 2 atom stereocenters. The zero-order chi connectivity index (χ0) is 30.9. The van der Waals surface area contributed by atoms with E-state index in [0.29, 0.717) is 40.3 Å². The summed E-state index contributed by atoms with van der Waals surface area (Å²) in [5, 5.41) is 13.1. The lowest BCUT2D eigenvalue weighted by atomic mass is 9.84. The molecule has 0 unspecified atom stereocenters. The Morgan fingerprint density at radius 1 is 1.02 bits per heavy atom. The van der Waals surface area contributed by atoms with Gasteiger partial charge in [-0.1, -0.05) is 99.8 Å². The Bertz CT molecular complexity index is 1630. The number of amides is 1. The van der Waals surface area contributed by atoms with E-state index < -0.39 is 11.6 Å². The zero-order valence-electron chi connectivity index (χ0n) is 23.8. The fraction of sp³-hybridized carbons (Fsp3) is 0.200. The molecular formula is C35H31BrCl2N2O4. The number of halogens is 3. The molecule has 0 aromatic heterocycles. The van der Waals surface area contributed by atoms with Crippen LogP contribution in [0, 0.1) is 0 Å². The normalized spacial score (nSPS) is 17.7. The molecule has 2 N–H and O–H groups in total. The molecule has 1 aliphatic rings. The van der Waals surface area contributed by atoms with Gasteiger partial charge in [-0.2, -0.15) is 0 Å². The number of nitrogens with zero attached hydrogens (tertiary/aromatic N) is 1. The molecule has 226 valence electrons. The van der Waals surface area contributed by atoms with Gasteiger partial charge in [0.15, 0.2) is 11.6 Å². The quantitative estimate of drug-likeness (QED) is 0.147. The molecule has 0 aliphatic carbocycles. The number of carbonyl (C=O) groups is 1. The summed E-state index contributed by atoms with van der Waals surface area (Å²) < 4.78 is 13.2. The van der Waals surface area contributed by atoms with E-state index in [4.69, 9.17) is 42.8 Å². The number of nitrogens with one attached hydrogen (secondary N) is 1. The number of carbonyl (C=O) groups excluding carboxylic acids is 1. The van der Waals surface area contributed by atoms with Crippen LogP contribution in [-0.2, 0) is 16.1 Å². The summed E-state index contributed by atoms with van der Waals surface area (Å²) >= 11 is 16.0. The SMILES string of the molecule is O=C(NCc1ccc(Cl)cc1Cl)[C@]1(C/C=C/c2ccccc2)N=C(c2ccc(OCCCO)cc2)O[C@@H]1c1ccc(Br)cc1. The van der Waals surface area contributed by atoms with E-state index in [9.17, 15) is 4.79 Å². The molecule has 0 saturated carbocycles. The molecule has 9 heteroatoms. The molecule has 6 nitrogen and oxygen atoms in total. The van der Waals surface area contributed by atoms with Crippen molar-refractivity contribution in [2.45, 2.75) is 31.0 Å². The maximum atomic E-state index is 14.3. The van der Waals surface area contributed by atoms with Crippen LogP contribution in [0.2, 0.25) is 10.0 Å². The molecule has 0 radical (unpaired) electrons. The van der Waals surface area contributed by atoms with Crippen LogP contribution in [0.3, 0.4) is 0 Å². The number of benzene rings is 4. The summed E-state index contributed by atoms with van der Waals surface area (Å²) in [7, 11) is 0. The number of rotatable bonds is 12. The predicted octanol–water partition coefficient (Wildman–Crippen LogP) is 8.19. The number of ether oxygens (including phenoxy) is 2. The van der Waals surface area contributed by atoms with Gasteiger partial charge < -0.3 is 19.9 Å². The summed E-state index contributed by atoms with van der Waals surface area (Å²) in [5.41, 5.74) is 1.94. The summed E-state index contributed by atoms with van der Waals surface area (Å²) in [5.74, 6) is 0.723. The number of hydrogen-bond acceptors (Lipinski definition) is 5. The second-order valence-corrected chi connectivity index (χ2v) is 12.0. The lowest BCUT2D eigenvalue weighted by Crippen LogP contribution is -2.47. The lowest BCUT2D eigenvalue weighted by molar-refractivity contribution is -0.129. The number of aliphatic hydroxyl groups is 1. The fourth-order valence-corrected chi connectivity index (χ4v) is 5.62. The van der Waals surface area contributed by atoms with Crippen molar-refractivity contribution >= 4 is 57.0 Å². The van der Waals surface area contributed by atoms with Crippen LogP contribution in [0.4, 0.5) is 0 Å². The molecule has 44 heavy (non-hydrogen) atoms. The van der Waals surface area contributed by atoms with E-state index in [1.807, 2.05) is 91.0 Å². The lowest BCUT2D eigenvalue weighted by Gasteiger charge is -2.30. The minimum absolute atomic E-state index is 0.0628. The van der Waals surface area contributed by atoms with Gasteiger partial charge in [-0.05, 0) is 65.2 Å². The minimum atomic E-state index is -1.33. The van der Waals surface area contributed by atoms with Crippen LogP contribution < -0.4 is 10.1 Å². The van der Waals surface area contributed by atoms with E-state index in [0.717, 1.165) is 21.2 Å². The molecule has 0 saturated heterocycles. The van der Waals surface area contributed by atoms with Crippen LogP contribution in [0.5, 0.6) is 5.75 Å². The maximum Gasteiger partial charge on any atom is 0.252 e. The first-order valence-electron chi connectivity index (χ1n) is 14.2. The molecule has 0 fully saturated rings. The topological polar surface area (TPSA) is 80.2 Å². The average molecular weight is 694 g/mol. The molecule has 1 aliphatic heterocycles. The highest BCUT2D eigenvalue weighted by atomic mass is 79.9. The summed E-state index contributed by atoms with van der Waals surface area (Å²) in [6.45, 7) is 0.664. The molecule has 1 amide bonds. The Balaban J connectivity index is 1.52. The third-order valence-corrected chi connectivity index (χ3v) is 8.31. The van der Waals surface area contributed by atoms with Gasteiger partial charge in [0.1, 0.15) is 5.75 Å². The van der Waals surface area contributed by atoms with Crippen LogP contribution in [-0.4, -0.2) is 35.7 Å². The molecule has 1 heterocycles. The Kier molecular flexibility index (Phi) is 10.8. The molecule has 5 rings (SSSR count). The smallest absolute Gasteiger partial charge is 0.252 e.